The largest absolute Gasteiger partial charge is 0.444 e. The fourth-order valence-corrected chi connectivity index (χ4v) is 3.29. The molecule has 1 aliphatic rings. The van der Waals surface area contributed by atoms with Crippen LogP contribution in [0, 0.1) is 12.8 Å². The van der Waals surface area contributed by atoms with Gasteiger partial charge in [0.2, 0.25) is 5.89 Å². The first-order valence-electron chi connectivity index (χ1n) is 9.66. The van der Waals surface area contributed by atoms with Crippen molar-refractivity contribution in [2.24, 2.45) is 10.9 Å². The summed E-state index contributed by atoms with van der Waals surface area (Å²) in [7, 11) is 3.89. The summed E-state index contributed by atoms with van der Waals surface area (Å²) in [6, 6.07) is 8.18. The van der Waals surface area contributed by atoms with E-state index in [1.165, 1.54) is 24.8 Å². The molecule has 2 aromatic rings. The molecule has 0 bridgehead atoms. The summed E-state index contributed by atoms with van der Waals surface area (Å²) < 4.78 is 11.1. The number of benzene rings is 1. The number of ether oxygens (including phenoxy) is 1. The summed E-state index contributed by atoms with van der Waals surface area (Å²) in [5.41, 5.74) is 3.08. The van der Waals surface area contributed by atoms with Gasteiger partial charge in [0.25, 0.3) is 0 Å². The Balaban J connectivity index is 1.49. The quantitative estimate of drug-likeness (QED) is 0.623. The van der Waals surface area contributed by atoms with Crippen molar-refractivity contribution in [3.8, 4) is 11.5 Å². The van der Waals surface area contributed by atoms with Gasteiger partial charge in [0.1, 0.15) is 6.26 Å². The van der Waals surface area contributed by atoms with Crippen molar-refractivity contribution in [3.05, 3.63) is 41.8 Å². The Bertz CT molecular complexity index is 733. The molecule has 0 spiro atoms. The van der Waals surface area contributed by atoms with Gasteiger partial charge in [0.15, 0.2) is 5.96 Å². The second-order valence-electron chi connectivity index (χ2n) is 7.18. The number of aromatic nitrogens is 1. The van der Waals surface area contributed by atoms with Gasteiger partial charge >= 0.3 is 0 Å². The highest BCUT2D eigenvalue weighted by Gasteiger charge is 2.15. The highest BCUT2D eigenvalue weighted by molar-refractivity contribution is 5.79. The third-order valence-electron chi connectivity index (χ3n) is 5.06. The molecule has 2 heterocycles. The van der Waals surface area contributed by atoms with Crippen LogP contribution in [0.1, 0.15) is 30.5 Å². The molecule has 0 amide bonds. The molecule has 6 nitrogen and oxygen atoms in total. The molecule has 0 unspecified atom stereocenters. The van der Waals surface area contributed by atoms with Crippen LogP contribution in [0.5, 0.6) is 0 Å². The van der Waals surface area contributed by atoms with E-state index in [1.807, 2.05) is 19.2 Å². The summed E-state index contributed by atoms with van der Waals surface area (Å²) in [5, 5.41) is 3.38. The fraction of sp³-hybridized carbons (Fsp3) is 0.524. The van der Waals surface area contributed by atoms with Crippen LogP contribution in [0.15, 0.2) is 39.9 Å². The van der Waals surface area contributed by atoms with Gasteiger partial charge in [-0.2, -0.15) is 0 Å². The third kappa shape index (κ3) is 5.57. The second kappa shape index (κ2) is 9.55. The van der Waals surface area contributed by atoms with Crippen LogP contribution in [0.4, 0.5) is 0 Å². The molecule has 0 saturated carbocycles. The lowest BCUT2D eigenvalue weighted by Gasteiger charge is -2.26. The van der Waals surface area contributed by atoms with Crippen molar-refractivity contribution in [3.63, 3.8) is 0 Å². The predicted octanol–water partition coefficient (Wildman–Crippen LogP) is 3.47. The molecule has 1 fully saturated rings. The Morgan fingerprint density at radius 3 is 2.70 bits per heavy atom. The maximum Gasteiger partial charge on any atom is 0.226 e. The van der Waals surface area contributed by atoms with Crippen LogP contribution in [-0.4, -0.2) is 49.7 Å². The molecule has 27 heavy (non-hydrogen) atoms. The smallest absolute Gasteiger partial charge is 0.226 e. The zero-order chi connectivity index (χ0) is 19.1. The third-order valence-corrected chi connectivity index (χ3v) is 5.06. The predicted molar refractivity (Wildman–Crippen MR) is 108 cm³/mol. The second-order valence-corrected chi connectivity index (χ2v) is 7.18. The summed E-state index contributed by atoms with van der Waals surface area (Å²) in [6.07, 6.45) is 5.21. The molecular formula is C21H30N4O2. The van der Waals surface area contributed by atoms with Gasteiger partial charge in [-0.05, 0) is 44.2 Å². The minimum atomic E-state index is 0.587. The van der Waals surface area contributed by atoms with E-state index < -0.39 is 0 Å². The first kappa shape index (κ1) is 19.4. The molecule has 0 radical (unpaired) electrons. The normalized spacial score (nSPS) is 15.7. The number of oxazole rings is 1. The van der Waals surface area contributed by atoms with E-state index >= 15 is 0 Å². The molecule has 0 aliphatic carbocycles. The lowest BCUT2D eigenvalue weighted by Crippen LogP contribution is -2.39. The molecule has 1 N–H and O–H groups in total. The van der Waals surface area contributed by atoms with Crippen molar-refractivity contribution in [1.29, 1.82) is 0 Å². The SMILES string of the molecule is CN=C(NCc1coc(-c2ccc(C)cc2)n1)N(C)CCC1CCOCC1. The average Bonchev–Trinajstić information content (AvgIpc) is 3.17. The zero-order valence-electron chi connectivity index (χ0n) is 16.6. The van der Waals surface area contributed by atoms with Gasteiger partial charge in [0, 0.05) is 39.4 Å². The summed E-state index contributed by atoms with van der Waals surface area (Å²) >= 11 is 0. The van der Waals surface area contributed by atoms with Gasteiger partial charge < -0.3 is 19.4 Å². The van der Waals surface area contributed by atoms with Crippen molar-refractivity contribution < 1.29 is 9.15 Å². The fourth-order valence-electron chi connectivity index (χ4n) is 3.29. The van der Waals surface area contributed by atoms with Gasteiger partial charge in [-0.1, -0.05) is 17.7 Å². The topological polar surface area (TPSA) is 62.9 Å². The molecule has 0 atom stereocenters. The van der Waals surface area contributed by atoms with Gasteiger partial charge in [-0.3, -0.25) is 4.99 Å². The Labute approximate surface area is 161 Å². The number of hydrogen-bond donors (Lipinski definition) is 1. The van der Waals surface area contributed by atoms with E-state index in [4.69, 9.17) is 9.15 Å². The highest BCUT2D eigenvalue weighted by atomic mass is 16.5. The van der Waals surface area contributed by atoms with E-state index in [9.17, 15) is 0 Å². The van der Waals surface area contributed by atoms with E-state index in [-0.39, 0.29) is 0 Å². The molecule has 1 aliphatic heterocycles. The van der Waals surface area contributed by atoms with Crippen LogP contribution >= 0.6 is 0 Å². The molecule has 1 aromatic heterocycles. The Morgan fingerprint density at radius 2 is 2.00 bits per heavy atom. The minimum absolute atomic E-state index is 0.587. The van der Waals surface area contributed by atoms with Crippen LogP contribution in [0.3, 0.4) is 0 Å². The summed E-state index contributed by atoms with van der Waals surface area (Å²) in [5.74, 6) is 2.28. The van der Waals surface area contributed by atoms with E-state index in [0.717, 1.165) is 42.9 Å². The summed E-state index contributed by atoms with van der Waals surface area (Å²) in [4.78, 5) is 11.1. The summed E-state index contributed by atoms with van der Waals surface area (Å²) in [6.45, 7) is 5.44. The number of nitrogens with one attached hydrogen (secondary N) is 1. The van der Waals surface area contributed by atoms with Crippen molar-refractivity contribution in [2.45, 2.75) is 32.7 Å². The van der Waals surface area contributed by atoms with E-state index in [2.05, 4.69) is 46.3 Å². The van der Waals surface area contributed by atoms with Crippen LogP contribution in [-0.2, 0) is 11.3 Å². The van der Waals surface area contributed by atoms with Crippen LogP contribution in [0.25, 0.3) is 11.5 Å². The van der Waals surface area contributed by atoms with Gasteiger partial charge in [-0.25, -0.2) is 4.98 Å². The Morgan fingerprint density at radius 1 is 1.26 bits per heavy atom. The first-order valence-corrected chi connectivity index (χ1v) is 9.66. The van der Waals surface area contributed by atoms with E-state index in [0.29, 0.717) is 12.4 Å². The molecule has 1 aromatic carbocycles. The number of nitrogens with zero attached hydrogens (tertiary/aromatic N) is 3. The number of hydrogen-bond acceptors (Lipinski definition) is 4. The molecule has 146 valence electrons. The Kier molecular flexibility index (Phi) is 6.87. The van der Waals surface area contributed by atoms with Crippen LogP contribution in [0.2, 0.25) is 0 Å². The highest BCUT2D eigenvalue weighted by Crippen LogP contribution is 2.20. The number of guanidine groups is 1. The van der Waals surface area contributed by atoms with Gasteiger partial charge in [-0.15, -0.1) is 0 Å². The van der Waals surface area contributed by atoms with Crippen LogP contribution < -0.4 is 5.32 Å². The monoisotopic (exact) mass is 370 g/mol. The minimum Gasteiger partial charge on any atom is -0.444 e. The Hall–Kier alpha value is -2.34. The van der Waals surface area contributed by atoms with E-state index in [1.54, 1.807) is 6.26 Å². The zero-order valence-corrected chi connectivity index (χ0v) is 16.6. The maximum atomic E-state index is 5.63. The standard InChI is InChI=1S/C21H30N4O2/c1-16-4-6-18(7-5-16)20-24-19(15-27-20)14-23-21(22-2)25(3)11-8-17-9-12-26-13-10-17/h4-7,15,17H,8-14H2,1-3H3,(H,22,23). The molecule has 6 heteroatoms. The van der Waals surface area contributed by atoms with Crippen molar-refractivity contribution in [2.75, 3.05) is 33.9 Å². The average molecular weight is 370 g/mol. The number of aryl methyl sites for hydroxylation is 1. The number of aliphatic imine (C=N–C) groups is 1. The lowest BCUT2D eigenvalue weighted by atomic mass is 9.96. The maximum absolute atomic E-state index is 5.63. The molecule has 1 saturated heterocycles. The van der Waals surface area contributed by atoms with Crippen molar-refractivity contribution >= 4 is 5.96 Å². The molecule has 3 rings (SSSR count). The van der Waals surface area contributed by atoms with Gasteiger partial charge in [0.05, 0.1) is 12.2 Å². The first-order chi connectivity index (χ1) is 13.2. The lowest BCUT2D eigenvalue weighted by molar-refractivity contribution is 0.0625. The number of rotatable bonds is 6. The molecular weight excluding hydrogens is 340 g/mol. The van der Waals surface area contributed by atoms with Crippen molar-refractivity contribution in [1.82, 2.24) is 15.2 Å².